The van der Waals surface area contributed by atoms with Gasteiger partial charge in [0.1, 0.15) is 0 Å². The van der Waals surface area contributed by atoms with E-state index >= 15 is 0 Å². The van der Waals surface area contributed by atoms with E-state index < -0.39 is 10.0 Å². The molecular formula is C7H13ClN6O2S. The summed E-state index contributed by atoms with van der Waals surface area (Å²) in [6, 6.07) is 0. The van der Waals surface area contributed by atoms with Crippen LogP contribution in [-0.2, 0) is 10.0 Å². The van der Waals surface area contributed by atoms with Gasteiger partial charge in [0, 0.05) is 20.1 Å². The van der Waals surface area contributed by atoms with E-state index in [1.165, 1.54) is 0 Å². The predicted molar refractivity (Wildman–Crippen MR) is 65.7 cm³/mol. The van der Waals surface area contributed by atoms with E-state index in [2.05, 4.69) is 30.3 Å². The lowest BCUT2D eigenvalue weighted by molar-refractivity contribution is 0.589. The van der Waals surface area contributed by atoms with Gasteiger partial charge in [0.2, 0.25) is 27.2 Å². The Bertz CT molecular complexity index is 479. The SMILES string of the molecule is CNc1nc(Cl)nc(NCCNS(C)(=O)=O)n1. The molecule has 1 aromatic rings. The lowest BCUT2D eigenvalue weighted by atomic mass is 10.6. The highest BCUT2D eigenvalue weighted by Gasteiger charge is 2.03. The first-order chi connectivity index (χ1) is 7.90. The third kappa shape index (κ3) is 5.61. The van der Waals surface area contributed by atoms with Crippen molar-refractivity contribution in [3.05, 3.63) is 5.28 Å². The molecule has 0 aliphatic rings. The smallest absolute Gasteiger partial charge is 0.228 e. The molecule has 17 heavy (non-hydrogen) atoms. The summed E-state index contributed by atoms with van der Waals surface area (Å²) < 4.78 is 23.9. The Morgan fingerprint density at radius 1 is 1.18 bits per heavy atom. The predicted octanol–water partition coefficient (Wildman–Crippen LogP) is -0.472. The molecule has 0 atom stereocenters. The summed E-state index contributed by atoms with van der Waals surface area (Å²) >= 11 is 5.66. The molecule has 3 N–H and O–H groups in total. The van der Waals surface area contributed by atoms with Crippen molar-refractivity contribution in [1.29, 1.82) is 0 Å². The number of nitrogens with one attached hydrogen (secondary N) is 3. The molecule has 8 nitrogen and oxygen atoms in total. The van der Waals surface area contributed by atoms with Gasteiger partial charge in [-0.1, -0.05) is 0 Å². The van der Waals surface area contributed by atoms with Crippen molar-refractivity contribution in [2.75, 3.05) is 37.0 Å². The lowest BCUT2D eigenvalue weighted by Crippen LogP contribution is -2.28. The topological polar surface area (TPSA) is 109 Å². The van der Waals surface area contributed by atoms with E-state index in [0.29, 0.717) is 12.5 Å². The summed E-state index contributed by atoms with van der Waals surface area (Å²) in [6.45, 7) is 0.577. The van der Waals surface area contributed by atoms with Crippen LogP contribution in [0.15, 0.2) is 0 Å². The van der Waals surface area contributed by atoms with Crippen LogP contribution in [0, 0.1) is 0 Å². The molecule has 1 heterocycles. The van der Waals surface area contributed by atoms with E-state index in [4.69, 9.17) is 11.6 Å². The van der Waals surface area contributed by atoms with Crippen molar-refractivity contribution in [2.45, 2.75) is 0 Å². The number of rotatable bonds is 6. The van der Waals surface area contributed by atoms with Crippen LogP contribution < -0.4 is 15.4 Å². The van der Waals surface area contributed by atoms with Crippen molar-refractivity contribution in [3.63, 3.8) is 0 Å². The fraction of sp³-hybridized carbons (Fsp3) is 0.571. The summed E-state index contributed by atoms with van der Waals surface area (Å²) in [6.07, 6.45) is 1.09. The Kier molecular flexibility index (Phi) is 4.85. The highest BCUT2D eigenvalue weighted by molar-refractivity contribution is 7.88. The number of anilines is 2. The second-order valence-corrected chi connectivity index (χ2v) is 5.27. The number of sulfonamides is 1. The molecule has 0 aromatic carbocycles. The third-order valence-electron chi connectivity index (χ3n) is 1.60. The Balaban J connectivity index is 2.49. The second kappa shape index (κ2) is 5.94. The van der Waals surface area contributed by atoms with Crippen LogP contribution in [0.1, 0.15) is 0 Å². The first kappa shape index (κ1) is 13.9. The maximum absolute atomic E-state index is 10.8. The van der Waals surface area contributed by atoms with Gasteiger partial charge < -0.3 is 10.6 Å². The number of nitrogens with zero attached hydrogens (tertiary/aromatic N) is 3. The summed E-state index contributed by atoms with van der Waals surface area (Å²) in [7, 11) is -1.53. The van der Waals surface area contributed by atoms with Gasteiger partial charge in [-0.3, -0.25) is 0 Å². The minimum absolute atomic E-state index is 0.0583. The molecule has 0 unspecified atom stereocenters. The van der Waals surface area contributed by atoms with E-state index in [1.54, 1.807) is 7.05 Å². The molecule has 1 rings (SSSR count). The van der Waals surface area contributed by atoms with Gasteiger partial charge in [-0.2, -0.15) is 15.0 Å². The van der Waals surface area contributed by atoms with Crippen molar-refractivity contribution in [1.82, 2.24) is 19.7 Å². The normalized spacial score (nSPS) is 11.2. The fourth-order valence-corrected chi connectivity index (χ4v) is 1.58. The van der Waals surface area contributed by atoms with Crippen LogP contribution in [0.5, 0.6) is 0 Å². The standard InChI is InChI=1S/C7H13ClN6O2S/c1-9-6-12-5(8)13-7(14-6)10-3-4-11-17(2,15)16/h11H,3-4H2,1-2H3,(H2,9,10,12,13,14). The van der Waals surface area contributed by atoms with E-state index in [1.807, 2.05) is 0 Å². The fourth-order valence-electron chi connectivity index (χ4n) is 0.952. The molecule has 0 aliphatic heterocycles. The first-order valence-electron chi connectivity index (χ1n) is 4.68. The van der Waals surface area contributed by atoms with Crippen LogP contribution in [-0.4, -0.2) is 49.8 Å². The largest absolute Gasteiger partial charge is 0.357 e. The zero-order chi connectivity index (χ0) is 12.9. The molecule has 0 bridgehead atoms. The molecule has 0 aliphatic carbocycles. The van der Waals surface area contributed by atoms with E-state index in [0.717, 1.165) is 6.26 Å². The summed E-state index contributed by atoms with van der Waals surface area (Å²) in [5, 5.41) is 5.60. The van der Waals surface area contributed by atoms with Gasteiger partial charge >= 0.3 is 0 Å². The monoisotopic (exact) mass is 280 g/mol. The molecule has 0 saturated carbocycles. The van der Waals surface area contributed by atoms with E-state index in [-0.39, 0.29) is 17.8 Å². The first-order valence-corrected chi connectivity index (χ1v) is 6.95. The van der Waals surface area contributed by atoms with Crippen molar-refractivity contribution in [2.24, 2.45) is 0 Å². The average molecular weight is 281 g/mol. The number of hydrogen-bond donors (Lipinski definition) is 3. The molecule has 0 amide bonds. The van der Waals surface area contributed by atoms with Crippen LogP contribution in [0.25, 0.3) is 0 Å². The highest BCUT2D eigenvalue weighted by Crippen LogP contribution is 2.08. The molecule has 0 radical (unpaired) electrons. The van der Waals surface area contributed by atoms with Crippen LogP contribution >= 0.6 is 11.6 Å². The van der Waals surface area contributed by atoms with Gasteiger partial charge in [0.15, 0.2) is 0 Å². The quantitative estimate of drug-likeness (QED) is 0.604. The molecule has 0 spiro atoms. The molecule has 96 valence electrons. The summed E-state index contributed by atoms with van der Waals surface area (Å²) in [4.78, 5) is 11.6. The average Bonchev–Trinajstić information content (AvgIpc) is 2.22. The Labute approximate surface area is 104 Å². The summed E-state index contributed by atoms with van der Waals surface area (Å²) in [5.41, 5.74) is 0. The zero-order valence-electron chi connectivity index (χ0n) is 9.36. The molecular weight excluding hydrogens is 268 g/mol. The number of aromatic nitrogens is 3. The molecule has 1 aromatic heterocycles. The molecule has 0 fully saturated rings. The van der Waals surface area contributed by atoms with Gasteiger partial charge in [0.25, 0.3) is 0 Å². The van der Waals surface area contributed by atoms with Crippen molar-refractivity contribution >= 4 is 33.5 Å². The Morgan fingerprint density at radius 2 is 1.82 bits per heavy atom. The maximum atomic E-state index is 10.8. The van der Waals surface area contributed by atoms with Gasteiger partial charge in [-0.25, -0.2) is 13.1 Å². The summed E-state index contributed by atoms with van der Waals surface area (Å²) in [5.74, 6) is 0.619. The van der Waals surface area contributed by atoms with Gasteiger partial charge in [-0.05, 0) is 11.6 Å². The highest BCUT2D eigenvalue weighted by atomic mass is 35.5. The van der Waals surface area contributed by atoms with Crippen LogP contribution in [0.4, 0.5) is 11.9 Å². The Hall–Kier alpha value is -1.19. The second-order valence-electron chi connectivity index (χ2n) is 3.09. The zero-order valence-corrected chi connectivity index (χ0v) is 10.9. The van der Waals surface area contributed by atoms with Gasteiger partial charge in [-0.15, -0.1) is 0 Å². The van der Waals surface area contributed by atoms with Crippen molar-refractivity contribution < 1.29 is 8.42 Å². The van der Waals surface area contributed by atoms with Gasteiger partial charge in [0.05, 0.1) is 6.26 Å². The van der Waals surface area contributed by atoms with E-state index in [9.17, 15) is 8.42 Å². The van der Waals surface area contributed by atoms with Crippen LogP contribution in [0.2, 0.25) is 5.28 Å². The van der Waals surface area contributed by atoms with Crippen molar-refractivity contribution in [3.8, 4) is 0 Å². The minimum Gasteiger partial charge on any atom is -0.357 e. The number of hydrogen-bond acceptors (Lipinski definition) is 7. The Morgan fingerprint density at radius 3 is 2.41 bits per heavy atom. The molecule has 0 saturated heterocycles. The number of halogens is 1. The third-order valence-corrected chi connectivity index (χ3v) is 2.50. The lowest BCUT2D eigenvalue weighted by Gasteiger charge is -2.06. The minimum atomic E-state index is -3.18. The maximum Gasteiger partial charge on any atom is 0.228 e. The van der Waals surface area contributed by atoms with Crippen LogP contribution in [0.3, 0.4) is 0 Å². The molecule has 10 heteroatoms.